The largest absolute Gasteiger partial charge is 0.466 e. The van der Waals surface area contributed by atoms with Gasteiger partial charge < -0.3 is 14.7 Å². The predicted molar refractivity (Wildman–Crippen MR) is 49.3 cm³/mol. The van der Waals surface area contributed by atoms with E-state index >= 15 is 0 Å². The van der Waals surface area contributed by atoms with Gasteiger partial charge in [-0.25, -0.2) is 4.57 Å². The number of carbonyl (C=O) groups is 2. The molecule has 1 aliphatic rings. The molecule has 0 fully saturated rings. The van der Waals surface area contributed by atoms with Crippen molar-refractivity contribution in [2.24, 2.45) is 0 Å². The second-order valence-corrected chi connectivity index (χ2v) is 3.01. The maximum Gasteiger partial charge on any atom is 0.466 e. The van der Waals surface area contributed by atoms with E-state index in [4.69, 9.17) is 19.2 Å². The summed E-state index contributed by atoms with van der Waals surface area (Å²) < 4.78 is 8.88. The molecule has 1 rings (SSSR count). The van der Waals surface area contributed by atoms with Crippen LogP contribution in [-0.4, -0.2) is 26.2 Å². The molecule has 0 spiro atoms. The second kappa shape index (κ2) is 6.39. The third kappa shape index (κ3) is 13.5. The molecule has 0 radical (unpaired) electrons. The summed E-state index contributed by atoms with van der Waals surface area (Å²) in [4.78, 5) is 42.1. The minimum absolute atomic E-state index is 0. The summed E-state index contributed by atoms with van der Waals surface area (Å²) in [6.07, 6.45) is 5.01. The summed E-state index contributed by atoms with van der Waals surface area (Å²) in [6, 6.07) is 0. The van der Waals surface area contributed by atoms with E-state index < -0.39 is 7.82 Å². The van der Waals surface area contributed by atoms with Gasteiger partial charge in [0, 0.05) is 0 Å². The Balaban J connectivity index is 0. The van der Waals surface area contributed by atoms with Crippen LogP contribution in [0.1, 0.15) is 7.43 Å². The average molecular weight is 222 g/mol. The summed E-state index contributed by atoms with van der Waals surface area (Å²) in [5, 5.41) is 0. The van der Waals surface area contributed by atoms with E-state index in [9.17, 15) is 9.59 Å². The zero-order valence-corrected chi connectivity index (χ0v) is 7.22. The Kier molecular flexibility index (Phi) is 7.04. The first kappa shape index (κ1) is 15.4. The van der Waals surface area contributed by atoms with Crippen molar-refractivity contribution in [2.45, 2.75) is 7.43 Å². The Morgan fingerprint density at radius 2 is 1.00 bits per heavy atom. The van der Waals surface area contributed by atoms with Gasteiger partial charge in [0.05, 0.1) is 0 Å². The highest BCUT2D eigenvalue weighted by Crippen LogP contribution is 2.25. The van der Waals surface area contributed by atoms with E-state index in [1.54, 1.807) is 0 Å². The third-order valence-electron chi connectivity index (χ3n) is 0.824. The van der Waals surface area contributed by atoms with Gasteiger partial charge in [-0.05, 0) is 24.3 Å². The molecule has 0 amide bonds. The first-order chi connectivity index (χ1) is 5.79. The highest BCUT2D eigenvalue weighted by molar-refractivity contribution is 7.45. The Morgan fingerprint density at radius 3 is 1.14 bits per heavy atom. The van der Waals surface area contributed by atoms with Crippen LogP contribution in [0.5, 0.6) is 0 Å². The minimum atomic E-state index is -4.64. The normalized spacial score (nSPS) is 14.2. The van der Waals surface area contributed by atoms with Crippen LogP contribution in [0.25, 0.3) is 0 Å². The highest BCUT2D eigenvalue weighted by atomic mass is 31.2. The van der Waals surface area contributed by atoms with Crippen LogP contribution in [0.3, 0.4) is 0 Å². The van der Waals surface area contributed by atoms with Crippen LogP contribution in [0.2, 0.25) is 0 Å². The fourth-order valence-electron chi connectivity index (χ4n) is 0.440. The van der Waals surface area contributed by atoms with Crippen LogP contribution in [0.15, 0.2) is 24.3 Å². The molecule has 7 heteroatoms. The molecule has 0 saturated carbocycles. The standard InChI is InChI=1S/C6H4O2.CH4.H3O4P/c7-5-1-2-6(8)4-3-5;;1-5(2,3)4/h1-4H;1H4;(H3,1,2,3,4). The number of hydrogen-bond acceptors (Lipinski definition) is 3. The molecule has 0 bridgehead atoms. The molecular weight excluding hydrogens is 211 g/mol. The lowest BCUT2D eigenvalue weighted by atomic mass is 10.2. The van der Waals surface area contributed by atoms with Crippen molar-refractivity contribution in [3.63, 3.8) is 0 Å². The van der Waals surface area contributed by atoms with E-state index in [1.807, 2.05) is 0 Å². The van der Waals surface area contributed by atoms with Gasteiger partial charge in [-0.3, -0.25) is 9.59 Å². The molecule has 0 aromatic rings. The number of rotatable bonds is 0. The highest BCUT2D eigenvalue weighted by Gasteiger charge is 2.00. The van der Waals surface area contributed by atoms with Gasteiger partial charge in [-0.1, -0.05) is 7.43 Å². The molecule has 6 nitrogen and oxygen atoms in total. The molecule has 0 aromatic carbocycles. The molecule has 0 unspecified atom stereocenters. The monoisotopic (exact) mass is 222 g/mol. The molecule has 3 N–H and O–H groups in total. The zero-order valence-electron chi connectivity index (χ0n) is 6.32. The Bertz CT molecular complexity index is 264. The smallest absolute Gasteiger partial charge is 0.303 e. The lowest BCUT2D eigenvalue weighted by Gasteiger charge is -1.87. The number of hydrogen-bond donors (Lipinski definition) is 3. The molecular formula is C7H11O6P. The van der Waals surface area contributed by atoms with Crippen molar-refractivity contribution in [2.75, 3.05) is 0 Å². The average Bonchev–Trinajstić information content (AvgIpc) is 1.92. The summed E-state index contributed by atoms with van der Waals surface area (Å²) in [7, 11) is -4.64. The Morgan fingerprint density at radius 1 is 0.857 bits per heavy atom. The maximum absolute atomic E-state index is 10.3. The first-order valence-electron chi connectivity index (χ1n) is 3.01. The summed E-state index contributed by atoms with van der Waals surface area (Å²) in [5.74, 6) is -0.241. The number of allylic oxidation sites excluding steroid dienone is 4. The molecule has 0 saturated heterocycles. The van der Waals surface area contributed by atoms with Crippen molar-refractivity contribution < 1.29 is 28.8 Å². The van der Waals surface area contributed by atoms with Crippen LogP contribution < -0.4 is 0 Å². The second-order valence-electron chi connectivity index (χ2n) is 1.98. The molecule has 80 valence electrons. The molecule has 0 atom stereocenters. The van der Waals surface area contributed by atoms with Crippen molar-refractivity contribution in [3.05, 3.63) is 24.3 Å². The van der Waals surface area contributed by atoms with Gasteiger partial charge in [0.1, 0.15) is 0 Å². The van der Waals surface area contributed by atoms with Gasteiger partial charge in [-0.15, -0.1) is 0 Å². The number of ketones is 2. The quantitative estimate of drug-likeness (QED) is 0.391. The van der Waals surface area contributed by atoms with Crippen molar-refractivity contribution >= 4 is 19.4 Å². The van der Waals surface area contributed by atoms with E-state index in [0.717, 1.165) is 0 Å². The van der Waals surface area contributed by atoms with E-state index in [-0.39, 0.29) is 19.0 Å². The summed E-state index contributed by atoms with van der Waals surface area (Å²) in [6.45, 7) is 0. The molecule has 0 aromatic heterocycles. The number of carbonyl (C=O) groups excluding carboxylic acids is 2. The van der Waals surface area contributed by atoms with Crippen molar-refractivity contribution in [1.29, 1.82) is 0 Å². The van der Waals surface area contributed by atoms with Crippen molar-refractivity contribution in [1.82, 2.24) is 0 Å². The van der Waals surface area contributed by atoms with Crippen LogP contribution in [0.4, 0.5) is 0 Å². The SMILES string of the molecule is C.O=C1C=CC(=O)C=C1.O=P(O)(O)O. The van der Waals surface area contributed by atoms with Crippen LogP contribution in [-0.2, 0) is 14.2 Å². The van der Waals surface area contributed by atoms with Crippen LogP contribution in [0, 0.1) is 0 Å². The Labute approximate surface area is 80.8 Å². The summed E-state index contributed by atoms with van der Waals surface area (Å²) >= 11 is 0. The predicted octanol–water partition coefficient (Wildman–Crippen LogP) is -0.0419. The topological polar surface area (TPSA) is 112 Å². The van der Waals surface area contributed by atoms with Gasteiger partial charge in [0.15, 0.2) is 11.6 Å². The van der Waals surface area contributed by atoms with Gasteiger partial charge >= 0.3 is 7.82 Å². The van der Waals surface area contributed by atoms with E-state index in [1.165, 1.54) is 24.3 Å². The lowest BCUT2D eigenvalue weighted by Crippen LogP contribution is -1.97. The van der Waals surface area contributed by atoms with Gasteiger partial charge in [-0.2, -0.15) is 0 Å². The number of phosphoric acid groups is 1. The fourth-order valence-corrected chi connectivity index (χ4v) is 0.440. The van der Waals surface area contributed by atoms with E-state index in [0.29, 0.717) is 0 Å². The zero-order chi connectivity index (χ0) is 10.5. The lowest BCUT2D eigenvalue weighted by molar-refractivity contribution is -0.113. The fraction of sp³-hybridized carbons (Fsp3) is 0.143. The van der Waals surface area contributed by atoms with Crippen LogP contribution >= 0.6 is 7.82 Å². The third-order valence-corrected chi connectivity index (χ3v) is 0.824. The summed E-state index contributed by atoms with van der Waals surface area (Å²) in [5.41, 5.74) is 0. The maximum atomic E-state index is 10.3. The first-order valence-corrected chi connectivity index (χ1v) is 4.58. The van der Waals surface area contributed by atoms with Gasteiger partial charge in [0.25, 0.3) is 0 Å². The minimum Gasteiger partial charge on any atom is -0.303 e. The Hall–Kier alpha value is -1.07. The molecule has 1 aliphatic carbocycles. The molecule has 0 heterocycles. The van der Waals surface area contributed by atoms with E-state index in [2.05, 4.69) is 0 Å². The molecule has 0 aliphatic heterocycles. The van der Waals surface area contributed by atoms with Gasteiger partial charge in [0.2, 0.25) is 0 Å². The van der Waals surface area contributed by atoms with Crippen molar-refractivity contribution in [3.8, 4) is 0 Å². The molecule has 14 heavy (non-hydrogen) atoms.